The summed E-state index contributed by atoms with van der Waals surface area (Å²) in [4.78, 5) is 20.5. The van der Waals surface area contributed by atoms with Crippen molar-refractivity contribution in [3.63, 3.8) is 0 Å². The fourth-order valence-electron chi connectivity index (χ4n) is 1.92. The van der Waals surface area contributed by atoms with Crippen LogP contribution in [0.1, 0.15) is 5.56 Å². The lowest BCUT2D eigenvalue weighted by Crippen LogP contribution is -2.23. The summed E-state index contributed by atoms with van der Waals surface area (Å²) < 4.78 is 1.23. The Kier molecular flexibility index (Phi) is 3.17. The van der Waals surface area contributed by atoms with Gasteiger partial charge in [-0.05, 0) is 12.1 Å². The van der Waals surface area contributed by atoms with Crippen molar-refractivity contribution >= 4 is 34.0 Å². The summed E-state index contributed by atoms with van der Waals surface area (Å²) in [5.41, 5.74) is -0.466. The maximum absolute atomic E-state index is 12.4. The molecule has 0 aliphatic rings. The van der Waals surface area contributed by atoms with E-state index in [1.54, 1.807) is 17.6 Å². The molecular formula is C12H8ClN3O3S. The molecule has 0 atom stereocenters. The molecule has 3 heterocycles. The minimum Gasteiger partial charge on any atom is -0.507 e. The van der Waals surface area contributed by atoms with E-state index < -0.39 is 12.2 Å². The molecule has 0 unspecified atom stereocenters. The molecule has 3 aromatic rings. The first kappa shape index (κ1) is 13.0. The Morgan fingerprint density at radius 1 is 1.40 bits per heavy atom. The molecule has 6 nitrogen and oxygen atoms in total. The second kappa shape index (κ2) is 4.86. The molecule has 0 bridgehead atoms. The van der Waals surface area contributed by atoms with Crippen molar-refractivity contribution in [3.8, 4) is 10.9 Å². The number of aromatic hydroxyl groups is 1. The van der Waals surface area contributed by atoms with E-state index in [0.717, 1.165) is 0 Å². The lowest BCUT2D eigenvalue weighted by Gasteiger charge is -2.11. The summed E-state index contributed by atoms with van der Waals surface area (Å²) in [6.07, 6.45) is 1.55. The third kappa shape index (κ3) is 1.87. The van der Waals surface area contributed by atoms with E-state index in [1.807, 2.05) is 0 Å². The van der Waals surface area contributed by atoms with Gasteiger partial charge in [0.2, 0.25) is 0 Å². The lowest BCUT2D eigenvalue weighted by molar-refractivity contribution is 0.273. The highest BCUT2D eigenvalue weighted by Crippen LogP contribution is 2.28. The molecule has 0 aliphatic carbocycles. The highest BCUT2D eigenvalue weighted by molar-refractivity contribution is 7.12. The van der Waals surface area contributed by atoms with E-state index in [2.05, 4.69) is 9.97 Å². The molecule has 0 aromatic carbocycles. The lowest BCUT2D eigenvalue weighted by atomic mass is 10.2. The quantitative estimate of drug-likeness (QED) is 0.703. The van der Waals surface area contributed by atoms with Crippen molar-refractivity contribution in [1.82, 2.24) is 14.5 Å². The van der Waals surface area contributed by atoms with Crippen molar-refractivity contribution in [2.75, 3.05) is 0 Å². The highest BCUT2D eigenvalue weighted by atomic mass is 35.5. The summed E-state index contributed by atoms with van der Waals surface area (Å²) in [6, 6.07) is 3.05. The first-order valence-electron chi connectivity index (χ1n) is 5.57. The molecule has 0 saturated heterocycles. The van der Waals surface area contributed by atoms with Crippen LogP contribution in [0.25, 0.3) is 16.2 Å². The molecule has 0 fully saturated rings. The van der Waals surface area contributed by atoms with Crippen LogP contribution in [-0.4, -0.2) is 24.7 Å². The molecule has 3 rings (SSSR count). The Hall–Kier alpha value is -1.96. The normalized spacial score (nSPS) is 11.1. The van der Waals surface area contributed by atoms with Gasteiger partial charge in [0.05, 0.1) is 17.6 Å². The van der Waals surface area contributed by atoms with E-state index in [4.69, 9.17) is 11.6 Å². The van der Waals surface area contributed by atoms with Crippen LogP contribution < -0.4 is 5.56 Å². The van der Waals surface area contributed by atoms with Gasteiger partial charge in [0.15, 0.2) is 10.8 Å². The molecule has 0 amide bonds. The maximum Gasteiger partial charge on any atom is 0.267 e. The Bertz CT molecular complexity index is 845. The van der Waals surface area contributed by atoms with Gasteiger partial charge in [-0.25, -0.2) is 14.5 Å². The van der Waals surface area contributed by atoms with Crippen molar-refractivity contribution in [2.24, 2.45) is 0 Å². The summed E-state index contributed by atoms with van der Waals surface area (Å²) >= 11 is 7.10. The van der Waals surface area contributed by atoms with Crippen LogP contribution in [0.5, 0.6) is 5.75 Å². The van der Waals surface area contributed by atoms with Gasteiger partial charge in [0.25, 0.3) is 5.56 Å². The summed E-state index contributed by atoms with van der Waals surface area (Å²) in [5.74, 6) is -0.288. The van der Waals surface area contributed by atoms with E-state index in [0.29, 0.717) is 10.5 Å². The molecule has 102 valence electrons. The number of aromatic nitrogens is 3. The number of aliphatic hydroxyl groups excluding tert-OH is 1. The number of fused-ring (bicyclic) bond motifs is 1. The number of halogens is 1. The average Bonchev–Trinajstić information content (AvgIpc) is 2.93. The van der Waals surface area contributed by atoms with E-state index in [9.17, 15) is 15.0 Å². The molecule has 0 radical (unpaired) electrons. The number of nitrogens with zero attached hydrogens (tertiary/aromatic N) is 3. The zero-order chi connectivity index (χ0) is 14.3. The molecule has 2 N–H and O–H groups in total. The van der Waals surface area contributed by atoms with Crippen LogP contribution in [0.4, 0.5) is 0 Å². The molecule has 3 aromatic heterocycles. The predicted octanol–water partition coefficient (Wildman–Crippen LogP) is 1.69. The largest absolute Gasteiger partial charge is 0.507 e. The minimum atomic E-state index is -0.575. The molecule has 0 aliphatic heterocycles. The molecule has 8 heteroatoms. The fourth-order valence-corrected chi connectivity index (χ4v) is 2.70. The minimum absolute atomic E-state index is 0.100. The van der Waals surface area contributed by atoms with Gasteiger partial charge in [-0.1, -0.05) is 11.6 Å². The Labute approximate surface area is 121 Å². The zero-order valence-corrected chi connectivity index (χ0v) is 11.5. The topological polar surface area (TPSA) is 88.2 Å². The fraction of sp³-hybridized carbons (Fsp3) is 0.0833. The second-order valence-electron chi connectivity index (χ2n) is 3.95. The van der Waals surface area contributed by atoms with Crippen LogP contribution in [0, 0.1) is 0 Å². The summed E-state index contributed by atoms with van der Waals surface area (Å²) in [5, 5.41) is 22.0. The smallest absolute Gasteiger partial charge is 0.267 e. The highest BCUT2D eigenvalue weighted by Gasteiger charge is 2.19. The molecule has 20 heavy (non-hydrogen) atoms. The van der Waals surface area contributed by atoms with Crippen molar-refractivity contribution in [3.05, 3.63) is 44.8 Å². The van der Waals surface area contributed by atoms with Gasteiger partial charge in [-0.15, -0.1) is 11.3 Å². The standard InChI is InChI=1S/C12H8ClN3O3S/c13-8-2-1-6-9(18)7(5-17)11(19)16(10(6)15-8)12-14-3-4-20-12/h1-4,17-18H,5H2. The number of thiazole rings is 1. The third-order valence-electron chi connectivity index (χ3n) is 2.82. The molecule has 0 spiro atoms. The molecular weight excluding hydrogens is 302 g/mol. The van der Waals surface area contributed by atoms with Crippen molar-refractivity contribution in [2.45, 2.75) is 6.61 Å². The van der Waals surface area contributed by atoms with Gasteiger partial charge >= 0.3 is 0 Å². The van der Waals surface area contributed by atoms with Crippen LogP contribution >= 0.6 is 22.9 Å². The Morgan fingerprint density at radius 3 is 2.85 bits per heavy atom. The number of hydrogen-bond donors (Lipinski definition) is 2. The van der Waals surface area contributed by atoms with Crippen LogP contribution in [0.15, 0.2) is 28.5 Å². The first-order chi connectivity index (χ1) is 9.63. The second-order valence-corrected chi connectivity index (χ2v) is 5.21. The van der Waals surface area contributed by atoms with Gasteiger partial charge in [-0.3, -0.25) is 4.79 Å². The number of pyridine rings is 2. The molecule has 0 saturated carbocycles. The Morgan fingerprint density at radius 2 is 2.20 bits per heavy atom. The third-order valence-corrected chi connectivity index (χ3v) is 3.79. The monoisotopic (exact) mass is 309 g/mol. The average molecular weight is 310 g/mol. The number of hydrogen-bond acceptors (Lipinski definition) is 6. The van der Waals surface area contributed by atoms with Crippen molar-refractivity contribution in [1.29, 1.82) is 0 Å². The van der Waals surface area contributed by atoms with E-state index >= 15 is 0 Å². The first-order valence-corrected chi connectivity index (χ1v) is 6.83. The van der Waals surface area contributed by atoms with E-state index in [-0.39, 0.29) is 22.1 Å². The maximum atomic E-state index is 12.4. The summed E-state index contributed by atoms with van der Waals surface area (Å²) in [6.45, 7) is -0.575. The summed E-state index contributed by atoms with van der Waals surface area (Å²) in [7, 11) is 0. The number of rotatable bonds is 2. The Balaban J connectivity index is 2.54. The number of aliphatic hydroxyl groups is 1. The van der Waals surface area contributed by atoms with Crippen LogP contribution in [0.2, 0.25) is 5.15 Å². The van der Waals surface area contributed by atoms with Gasteiger partial charge in [0, 0.05) is 11.6 Å². The predicted molar refractivity (Wildman–Crippen MR) is 75.6 cm³/mol. The van der Waals surface area contributed by atoms with Crippen LogP contribution in [0.3, 0.4) is 0 Å². The van der Waals surface area contributed by atoms with Gasteiger partial charge in [0.1, 0.15) is 10.9 Å². The zero-order valence-electron chi connectivity index (χ0n) is 9.95. The van der Waals surface area contributed by atoms with Crippen molar-refractivity contribution < 1.29 is 10.2 Å². The van der Waals surface area contributed by atoms with Crippen LogP contribution in [-0.2, 0) is 6.61 Å². The van der Waals surface area contributed by atoms with Gasteiger partial charge in [-0.2, -0.15) is 0 Å². The van der Waals surface area contributed by atoms with Gasteiger partial charge < -0.3 is 10.2 Å². The van der Waals surface area contributed by atoms with E-state index in [1.165, 1.54) is 22.0 Å². The SMILES string of the molecule is O=c1c(CO)c(O)c2ccc(Cl)nc2n1-c1nccs1.